The number of hydrogen-bond acceptors (Lipinski definition) is 5. The van der Waals surface area contributed by atoms with Gasteiger partial charge < -0.3 is 9.30 Å². The molecule has 0 fully saturated rings. The zero-order valence-electron chi connectivity index (χ0n) is 16.4. The molecule has 0 atom stereocenters. The van der Waals surface area contributed by atoms with Gasteiger partial charge in [-0.25, -0.2) is 17.7 Å². The fourth-order valence-corrected chi connectivity index (χ4v) is 4.00. The van der Waals surface area contributed by atoms with E-state index >= 15 is 0 Å². The standard InChI is InChI=1S/C20H22ClN3O4S/c1-23(2)29(26,27)15-8-9-18-17(12-15)22-19(24(18)3)10-11-20(25)28-13-14-6-4-5-7-16(14)21/h4-9,12H,10-11,13H2,1-3H3. The summed E-state index contributed by atoms with van der Waals surface area (Å²) in [5.41, 5.74) is 2.11. The molecule has 0 radical (unpaired) electrons. The molecule has 0 aliphatic rings. The highest BCUT2D eigenvalue weighted by molar-refractivity contribution is 7.89. The molecule has 0 saturated heterocycles. The van der Waals surface area contributed by atoms with Gasteiger partial charge in [-0.15, -0.1) is 0 Å². The molecule has 0 saturated carbocycles. The van der Waals surface area contributed by atoms with Gasteiger partial charge in [0, 0.05) is 38.1 Å². The molecule has 154 valence electrons. The summed E-state index contributed by atoms with van der Waals surface area (Å²) >= 11 is 6.06. The predicted molar refractivity (Wildman–Crippen MR) is 111 cm³/mol. The first-order valence-electron chi connectivity index (χ1n) is 8.97. The van der Waals surface area contributed by atoms with Crippen molar-refractivity contribution in [3.8, 4) is 0 Å². The van der Waals surface area contributed by atoms with Crippen molar-refractivity contribution in [3.63, 3.8) is 0 Å². The Hall–Kier alpha value is -2.42. The average molecular weight is 436 g/mol. The lowest BCUT2D eigenvalue weighted by molar-refractivity contribution is -0.144. The van der Waals surface area contributed by atoms with Gasteiger partial charge in [-0.3, -0.25) is 4.79 Å². The zero-order chi connectivity index (χ0) is 21.2. The predicted octanol–water partition coefficient (Wildman–Crippen LogP) is 3.15. The summed E-state index contributed by atoms with van der Waals surface area (Å²) in [6.45, 7) is 0.118. The van der Waals surface area contributed by atoms with E-state index in [0.29, 0.717) is 22.8 Å². The van der Waals surface area contributed by atoms with Crippen LogP contribution in [0.2, 0.25) is 5.02 Å². The molecule has 0 aliphatic carbocycles. The van der Waals surface area contributed by atoms with Crippen LogP contribution < -0.4 is 0 Å². The first-order valence-corrected chi connectivity index (χ1v) is 10.8. The van der Waals surface area contributed by atoms with E-state index in [4.69, 9.17) is 16.3 Å². The monoisotopic (exact) mass is 435 g/mol. The summed E-state index contributed by atoms with van der Waals surface area (Å²) in [6, 6.07) is 12.0. The summed E-state index contributed by atoms with van der Waals surface area (Å²) in [4.78, 5) is 16.8. The quantitative estimate of drug-likeness (QED) is 0.532. The van der Waals surface area contributed by atoms with Crippen LogP contribution in [0.15, 0.2) is 47.4 Å². The topological polar surface area (TPSA) is 81.5 Å². The number of carbonyl (C=O) groups excluding carboxylic acids is 1. The first-order chi connectivity index (χ1) is 13.7. The van der Waals surface area contributed by atoms with Crippen LogP contribution >= 0.6 is 11.6 Å². The fraction of sp³-hybridized carbons (Fsp3) is 0.300. The SMILES string of the molecule is CN(C)S(=O)(=O)c1ccc2c(c1)nc(CCC(=O)OCc1ccccc1Cl)n2C. The molecule has 1 heterocycles. The largest absolute Gasteiger partial charge is 0.461 e. The van der Waals surface area contributed by atoms with Crippen LogP contribution in [0.4, 0.5) is 0 Å². The second-order valence-electron chi connectivity index (χ2n) is 6.78. The molecule has 1 aromatic heterocycles. The minimum atomic E-state index is -3.54. The number of aromatic nitrogens is 2. The van der Waals surface area contributed by atoms with E-state index in [0.717, 1.165) is 15.4 Å². The van der Waals surface area contributed by atoms with Crippen LogP contribution in [-0.4, -0.2) is 42.3 Å². The van der Waals surface area contributed by atoms with Crippen LogP contribution in [-0.2, 0) is 39.6 Å². The van der Waals surface area contributed by atoms with Crippen LogP contribution in [0, 0.1) is 0 Å². The molecule has 2 aromatic carbocycles. The van der Waals surface area contributed by atoms with Crippen LogP contribution in [0.5, 0.6) is 0 Å². The van der Waals surface area contributed by atoms with Crippen LogP contribution in [0.3, 0.4) is 0 Å². The number of nitrogens with zero attached hydrogens (tertiary/aromatic N) is 3. The van der Waals surface area contributed by atoms with Gasteiger partial charge >= 0.3 is 5.97 Å². The van der Waals surface area contributed by atoms with Crippen molar-refractivity contribution < 1.29 is 17.9 Å². The van der Waals surface area contributed by atoms with Crippen molar-refractivity contribution in [2.45, 2.75) is 24.3 Å². The maximum absolute atomic E-state index is 12.3. The van der Waals surface area contributed by atoms with Crippen LogP contribution in [0.1, 0.15) is 17.8 Å². The number of benzene rings is 2. The van der Waals surface area contributed by atoms with E-state index in [1.165, 1.54) is 14.1 Å². The van der Waals surface area contributed by atoms with Gasteiger partial charge in [0.15, 0.2) is 0 Å². The van der Waals surface area contributed by atoms with E-state index < -0.39 is 10.0 Å². The molecule has 0 bridgehead atoms. The highest BCUT2D eigenvalue weighted by Gasteiger charge is 2.19. The zero-order valence-corrected chi connectivity index (χ0v) is 18.0. The molecule has 0 spiro atoms. The summed E-state index contributed by atoms with van der Waals surface area (Å²) in [6.07, 6.45) is 0.534. The number of fused-ring (bicyclic) bond motifs is 1. The number of ether oxygens (including phenoxy) is 1. The van der Waals surface area contributed by atoms with Gasteiger partial charge in [-0.2, -0.15) is 0 Å². The van der Waals surface area contributed by atoms with Crippen molar-refractivity contribution in [2.24, 2.45) is 7.05 Å². The number of aryl methyl sites for hydroxylation is 2. The highest BCUT2D eigenvalue weighted by atomic mass is 35.5. The summed E-state index contributed by atoms with van der Waals surface area (Å²) in [5.74, 6) is 0.321. The van der Waals surface area contributed by atoms with E-state index in [2.05, 4.69) is 4.98 Å². The maximum atomic E-state index is 12.3. The number of imidazole rings is 1. The highest BCUT2D eigenvalue weighted by Crippen LogP contribution is 2.22. The minimum absolute atomic E-state index is 0.118. The third-order valence-electron chi connectivity index (χ3n) is 4.62. The Kier molecular flexibility index (Phi) is 6.26. The first kappa shape index (κ1) is 21.3. The Morgan fingerprint density at radius 1 is 1.21 bits per heavy atom. The molecular formula is C20H22ClN3O4S. The van der Waals surface area contributed by atoms with Crippen molar-refractivity contribution in [1.82, 2.24) is 13.9 Å². The third kappa shape index (κ3) is 4.60. The van der Waals surface area contributed by atoms with Gasteiger partial charge in [-0.1, -0.05) is 29.8 Å². The number of hydrogen-bond donors (Lipinski definition) is 0. The lowest BCUT2D eigenvalue weighted by Crippen LogP contribution is -2.22. The Balaban J connectivity index is 1.69. The summed E-state index contributed by atoms with van der Waals surface area (Å²) < 4.78 is 32.9. The van der Waals surface area contributed by atoms with Gasteiger partial charge in [0.2, 0.25) is 10.0 Å². The molecule has 0 amide bonds. The van der Waals surface area contributed by atoms with Crippen LogP contribution in [0.25, 0.3) is 11.0 Å². The van der Waals surface area contributed by atoms with Gasteiger partial charge in [0.25, 0.3) is 0 Å². The Morgan fingerprint density at radius 3 is 2.62 bits per heavy atom. The van der Waals surface area contributed by atoms with Gasteiger partial charge in [0.05, 0.1) is 22.3 Å². The average Bonchev–Trinajstić information content (AvgIpc) is 3.00. The maximum Gasteiger partial charge on any atom is 0.306 e. The second kappa shape index (κ2) is 8.52. The number of halogens is 1. The molecule has 0 N–H and O–H groups in total. The van der Waals surface area contributed by atoms with E-state index in [9.17, 15) is 13.2 Å². The molecular weight excluding hydrogens is 414 g/mol. The van der Waals surface area contributed by atoms with E-state index in [-0.39, 0.29) is 23.9 Å². The summed E-state index contributed by atoms with van der Waals surface area (Å²) in [5, 5.41) is 0.555. The Labute approximate surface area is 174 Å². The van der Waals surface area contributed by atoms with Gasteiger partial charge in [-0.05, 0) is 24.3 Å². The molecule has 0 unspecified atom stereocenters. The number of sulfonamides is 1. The molecule has 9 heteroatoms. The number of esters is 1. The number of rotatable bonds is 7. The molecule has 3 aromatic rings. The molecule has 0 aliphatic heterocycles. The summed E-state index contributed by atoms with van der Waals surface area (Å²) in [7, 11) is 1.26. The minimum Gasteiger partial charge on any atom is -0.461 e. The normalized spacial score (nSPS) is 11.9. The third-order valence-corrected chi connectivity index (χ3v) is 6.80. The fourth-order valence-electron chi connectivity index (χ4n) is 2.88. The molecule has 3 rings (SSSR count). The van der Waals surface area contributed by atoms with Crippen molar-refractivity contribution in [3.05, 3.63) is 58.9 Å². The Morgan fingerprint density at radius 2 is 1.93 bits per heavy atom. The molecule has 29 heavy (non-hydrogen) atoms. The second-order valence-corrected chi connectivity index (χ2v) is 9.34. The van der Waals surface area contributed by atoms with Crippen molar-refractivity contribution >= 4 is 38.6 Å². The Bertz CT molecular complexity index is 1160. The molecule has 7 nitrogen and oxygen atoms in total. The lowest BCUT2D eigenvalue weighted by atomic mass is 10.2. The van der Waals surface area contributed by atoms with E-state index in [1.54, 1.807) is 30.3 Å². The van der Waals surface area contributed by atoms with Crippen molar-refractivity contribution in [1.29, 1.82) is 0 Å². The lowest BCUT2D eigenvalue weighted by Gasteiger charge is -2.10. The van der Waals surface area contributed by atoms with Crippen molar-refractivity contribution in [2.75, 3.05) is 14.1 Å². The number of carbonyl (C=O) groups is 1. The van der Waals surface area contributed by atoms with E-state index in [1.807, 2.05) is 23.7 Å². The smallest absolute Gasteiger partial charge is 0.306 e. The van der Waals surface area contributed by atoms with Gasteiger partial charge in [0.1, 0.15) is 12.4 Å².